The molecule has 1 unspecified atom stereocenters. The van der Waals surface area contributed by atoms with E-state index in [1.807, 2.05) is 42.5 Å². The van der Waals surface area contributed by atoms with E-state index in [-0.39, 0.29) is 11.5 Å². The lowest BCUT2D eigenvalue weighted by Crippen LogP contribution is -2.33. The highest BCUT2D eigenvalue weighted by Gasteiger charge is 2.29. The maximum atomic E-state index is 6.41. The van der Waals surface area contributed by atoms with E-state index in [9.17, 15) is 0 Å². The molecule has 0 aromatic heterocycles. The summed E-state index contributed by atoms with van der Waals surface area (Å²) in [6.07, 6.45) is 0. The van der Waals surface area contributed by atoms with Crippen molar-refractivity contribution in [1.29, 1.82) is 0 Å². The summed E-state index contributed by atoms with van der Waals surface area (Å²) >= 11 is 5.91. The van der Waals surface area contributed by atoms with Gasteiger partial charge < -0.3 is 5.73 Å². The Bertz CT molecular complexity index is 502. The third kappa shape index (κ3) is 2.58. The first kappa shape index (κ1) is 13.1. The van der Waals surface area contributed by atoms with Gasteiger partial charge in [-0.1, -0.05) is 67.9 Å². The summed E-state index contributed by atoms with van der Waals surface area (Å²) in [5.41, 5.74) is 8.64. The summed E-state index contributed by atoms with van der Waals surface area (Å²) in [7, 11) is 0. The van der Waals surface area contributed by atoms with Crippen molar-refractivity contribution in [2.75, 3.05) is 0 Å². The molecule has 18 heavy (non-hydrogen) atoms. The van der Waals surface area contributed by atoms with Gasteiger partial charge in [0.2, 0.25) is 0 Å². The maximum absolute atomic E-state index is 6.41. The van der Waals surface area contributed by atoms with Crippen LogP contribution in [0.1, 0.15) is 31.0 Å². The van der Waals surface area contributed by atoms with Crippen molar-refractivity contribution in [3.63, 3.8) is 0 Å². The fourth-order valence-corrected chi connectivity index (χ4v) is 2.26. The molecule has 94 valence electrons. The lowest BCUT2D eigenvalue weighted by Gasteiger charge is -2.32. The minimum Gasteiger partial charge on any atom is -0.323 e. The number of nitrogens with two attached hydrogens (primary N) is 1. The minimum absolute atomic E-state index is 0.0582. The Morgan fingerprint density at radius 1 is 0.944 bits per heavy atom. The molecular weight excluding hydrogens is 242 g/mol. The molecule has 0 aliphatic heterocycles. The highest BCUT2D eigenvalue weighted by atomic mass is 35.5. The standard InChI is InChI=1S/C16H18ClN/c1-16(2,13-6-4-3-5-7-13)15(18)12-8-10-14(17)11-9-12/h3-11,15H,18H2,1-2H3. The molecule has 0 aliphatic carbocycles. The Morgan fingerprint density at radius 2 is 1.50 bits per heavy atom. The summed E-state index contributed by atoms with van der Waals surface area (Å²) in [6.45, 7) is 4.34. The Kier molecular flexibility index (Phi) is 3.74. The van der Waals surface area contributed by atoms with Gasteiger partial charge in [0.25, 0.3) is 0 Å². The molecule has 2 rings (SSSR count). The topological polar surface area (TPSA) is 26.0 Å². The molecule has 0 saturated heterocycles. The van der Waals surface area contributed by atoms with E-state index in [1.54, 1.807) is 0 Å². The van der Waals surface area contributed by atoms with Crippen LogP contribution in [0.5, 0.6) is 0 Å². The van der Waals surface area contributed by atoms with Crippen molar-refractivity contribution in [2.24, 2.45) is 5.73 Å². The molecule has 0 aliphatic rings. The van der Waals surface area contributed by atoms with E-state index in [0.29, 0.717) is 0 Å². The molecule has 0 spiro atoms. The number of hydrogen-bond acceptors (Lipinski definition) is 1. The van der Waals surface area contributed by atoms with Crippen LogP contribution in [0.2, 0.25) is 5.02 Å². The van der Waals surface area contributed by atoms with Crippen molar-refractivity contribution in [3.8, 4) is 0 Å². The SMILES string of the molecule is CC(C)(c1ccccc1)C(N)c1ccc(Cl)cc1. The zero-order valence-electron chi connectivity index (χ0n) is 10.7. The van der Waals surface area contributed by atoms with Gasteiger partial charge in [0, 0.05) is 16.5 Å². The number of halogens is 1. The first-order chi connectivity index (χ1) is 8.51. The number of hydrogen-bond donors (Lipinski definition) is 1. The average Bonchev–Trinajstić information content (AvgIpc) is 2.40. The smallest absolute Gasteiger partial charge is 0.0406 e. The van der Waals surface area contributed by atoms with E-state index >= 15 is 0 Å². The Hall–Kier alpha value is -1.31. The molecule has 2 aromatic rings. The van der Waals surface area contributed by atoms with Crippen molar-refractivity contribution in [3.05, 3.63) is 70.7 Å². The molecule has 2 N–H and O–H groups in total. The van der Waals surface area contributed by atoms with Gasteiger partial charge in [-0.25, -0.2) is 0 Å². The molecule has 2 aromatic carbocycles. The Balaban J connectivity index is 2.32. The van der Waals surface area contributed by atoms with E-state index in [0.717, 1.165) is 10.6 Å². The summed E-state index contributed by atoms with van der Waals surface area (Å²) < 4.78 is 0. The highest BCUT2D eigenvalue weighted by Crippen LogP contribution is 2.35. The van der Waals surface area contributed by atoms with Gasteiger partial charge in [0.05, 0.1) is 0 Å². The van der Waals surface area contributed by atoms with Crippen LogP contribution in [0, 0.1) is 0 Å². The second-order valence-corrected chi connectivity index (χ2v) is 5.55. The largest absolute Gasteiger partial charge is 0.323 e. The Morgan fingerprint density at radius 3 is 2.06 bits per heavy atom. The van der Waals surface area contributed by atoms with Crippen LogP contribution in [0.25, 0.3) is 0 Å². The highest BCUT2D eigenvalue weighted by molar-refractivity contribution is 6.30. The molecule has 2 heteroatoms. The van der Waals surface area contributed by atoms with E-state index in [4.69, 9.17) is 17.3 Å². The quantitative estimate of drug-likeness (QED) is 0.873. The molecule has 1 nitrogen and oxygen atoms in total. The zero-order chi connectivity index (χ0) is 13.2. The summed E-state index contributed by atoms with van der Waals surface area (Å²) in [4.78, 5) is 0. The van der Waals surface area contributed by atoms with E-state index < -0.39 is 0 Å². The first-order valence-corrected chi connectivity index (χ1v) is 6.46. The van der Waals surface area contributed by atoms with Gasteiger partial charge in [-0.15, -0.1) is 0 Å². The van der Waals surface area contributed by atoms with Gasteiger partial charge in [-0.2, -0.15) is 0 Å². The normalized spacial score (nSPS) is 13.3. The van der Waals surface area contributed by atoms with Crippen LogP contribution >= 0.6 is 11.6 Å². The third-order valence-corrected chi connectivity index (χ3v) is 3.78. The lowest BCUT2D eigenvalue weighted by molar-refractivity contribution is 0.421. The minimum atomic E-state index is -0.116. The van der Waals surface area contributed by atoms with Crippen LogP contribution in [-0.4, -0.2) is 0 Å². The zero-order valence-corrected chi connectivity index (χ0v) is 11.5. The third-order valence-electron chi connectivity index (χ3n) is 3.52. The summed E-state index contributed by atoms with van der Waals surface area (Å²) in [5.74, 6) is 0. The van der Waals surface area contributed by atoms with Crippen LogP contribution in [0.3, 0.4) is 0 Å². The van der Waals surface area contributed by atoms with Crippen LogP contribution < -0.4 is 5.73 Å². The second kappa shape index (κ2) is 5.13. The number of rotatable bonds is 3. The summed E-state index contributed by atoms with van der Waals surface area (Å²) in [5, 5.41) is 0.739. The predicted molar refractivity (Wildman–Crippen MR) is 77.8 cm³/mol. The second-order valence-electron chi connectivity index (χ2n) is 5.12. The Labute approximate surface area is 114 Å². The van der Waals surface area contributed by atoms with Gasteiger partial charge >= 0.3 is 0 Å². The number of benzene rings is 2. The molecule has 0 fully saturated rings. The molecule has 0 bridgehead atoms. The van der Waals surface area contributed by atoms with Crippen molar-refractivity contribution in [2.45, 2.75) is 25.3 Å². The molecule has 0 saturated carbocycles. The van der Waals surface area contributed by atoms with Gasteiger partial charge in [-0.05, 0) is 23.3 Å². The maximum Gasteiger partial charge on any atom is 0.0406 e. The molecule has 0 heterocycles. The first-order valence-electron chi connectivity index (χ1n) is 6.08. The monoisotopic (exact) mass is 259 g/mol. The predicted octanol–water partition coefficient (Wildman–Crippen LogP) is 4.32. The van der Waals surface area contributed by atoms with E-state index in [1.165, 1.54) is 5.56 Å². The van der Waals surface area contributed by atoms with Gasteiger partial charge in [0.1, 0.15) is 0 Å². The van der Waals surface area contributed by atoms with Crippen molar-refractivity contribution in [1.82, 2.24) is 0 Å². The van der Waals surface area contributed by atoms with Crippen LogP contribution in [-0.2, 0) is 5.41 Å². The van der Waals surface area contributed by atoms with Crippen molar-refractivity contribution >= 4 is 11.6 Å². The molecule has 0 amide bonds. The molecule has 1 atom stereocenters. The van der Waals surface area contributed by atoms with Gasteiger partial charge in [0.15, 0.2) is 0 Å². The van der Waals surface area contributed by atoms with Crippen molar-refractivity contribution < 1.29 is 0 Å². The van der Waals surface area contributed by atoms with Crippen LogP contribution in [0.4, 0.5) is 0 Å². The van der Waals surface area contributed by atoms with Crippen LogP contribution in [0.15, 0.2) is 54.6 Å². The fourth-order valence-electron chi connectivity index (χ4n) is 2.13. The van der Waals surface area contributed by atoms with Gasteiger partial charge in [-0.3, -0.25) is 0 Å². The molecular formula is C16H18ClN. The summed E-state index contributed by atoms with van der Waals surface area (Å²) in [6, 6.07) is 18.1. The lowest BCUT2D eigenvalue weighted by atomic mass is 9.75. The average molecular weight is 260 g/mol. The fraction of sp³-hybridized carbons (Fsp3) is 0.250. The van der Waals surface area contributed by atoms with E-state index in [2.05, 4.69) is 26.0 Å². The molecule has 0 radical (unpaired) electrons.